The molecule has 0 radical (unpaired) electrons. The van der Waals surface area contributed by atoms with Crippen molar-refractivity contribution in [2.75, 3.05) is 12.4 Å². The summed E-state index contributed by atoms with van der Waals surface area (Å²) < 4.78 is 25.5. The standard InChI is InChI=1S/C15H18N2O3S/c1-16-21(19,20)15-8-6-14(7-9-15)17-10-12-2-4-13(11-18)5-3-12/h2-9,16-18H,10-11H2,1H3. The van der Waals surface area contributed by atoms with E-state index in [0.717, 1.165) is 16.8 Å². The van der Waals surface area contributed by atoms with E-state index in [1.165, 1.54) is 7.05 Å². The largest absolute Gasteiger partial charge is 0.392 e. The first-order valence-corrected chi connectivity index (χ1v) is 7.99. The maximum atomic E-state index is 11.6. The summed E-state index contributed by atoms with van der Waals surface area (Å²) in [5, 5.41) is 12.2. The van der Waals surface area contributed by atoms with Crippen molar-refractivity contribution in [1.82, 2.24) is 4.72 Å². The third-order valence-electron chi connectivity index (χ3n) is 3.14. The summed E-state index contributed by atoms with van der Waals surface area (Å²) in [6.45, 7) is 0.666. The van der Waals surface area contributed by atoms with E-state index in [2.05, 4.69) is 10.0 Å². The highest BCUT2D eigenvalue weighted by atomic mass is 32.2. The molecule has 3 N–H and O–H groups in total. The Hall–Kier alpha value is -1.89. The van der Waals surface area contributed by atoms with E-state index in [-0.39, 0.29) is 11.5 Å². The zero-order chi connectivity index (χ0) is 15.3. The van der Waals surface area contributed by atoms with Gasteiger partial charge in [-0.15, -0.1) is 0 Å². The Morgan fingerprint density at radius 3 is 2.05 bits per heavy atom. The number of anilines is 1. The maximum absolute atomic E-state index is 11.6. The number of rotatable bonds is 6. The second kappa shape index (κ2) is 6.71. The Morgan fingerprint density at radius 1 is 0.952 bits per heavy atom. The van der Waals surface area contributed by atoms with Crippen molar-refractivity contribution >= 4 is 15.7 Å². The normalized spacial score (nSPS) is 11.3. The van der Waals surface area contributed by atoms with Gasteiger partial charge in [0, 0.05) is 12.2 Å². The van der Waals surface area contributed by atoms with Gasteiger partial charge in [0.05, 0.1) is 11.5 Å². The second-order valence-electron chi connectivity index (χ2n) is 4.56. The summed E-state index contributed by atoms with van der Waals surface area (Å²) >= 11 is 0. The van der Waals surface area contributed by atoms with Gasteiger partial charge in [-0.25, -0.2) is 13.1 Å². The molecule has 0 atom stereocenters. The lowest BCUT2D eigenvalue weighted by molar-refractivity contribution is 0.282. The third-order valence-corrected chi connectivity index (χ3v) is 4.57. The van der Waals surface area contributed by atoms with Gasteiger partial charge in [0.15, 0.2) is 0 Å². The summed E-state index contributed by atoms with van der Waals surface area (Å²) in [6.07, 6.45) is 0. The summed E-state index contributed by atoms with van der Waals surface area (Å²) in [5.41, 5.74) is 2.80. The summed E-state index contributed by atoms with van der Waals surface area (Å²) in [7, 11) is -2.00. The molecule has 0 aromatic heterocycles. The number of hydrogen-bond donors (Lipinski definition) is 3. The van der Waals surface area contributed by atoms with Crippen LogP contribution in [0.5, 0.6) is 0 Å². The zero-order valence-corrected chi connectivity index (χ0v) is 12.5. The SMILES string of the molecule is CNS(=O)(=O)c1ccc(NCc2ccc(CO)cc2)cc1. The van der Waals surface area contributed by atoms with Crippen LogP contribution in [-0.4, -0.2) is 20.6 Å². The molecule has 2 aromatic rings. The minimum absolute atomic E-state index is 0.0368. The fourth-order valence-electron chi connectivity index (χ4n) is 1.84. The van der Waals surface area contributed by atoms with Gasteiger partial charge in [-0.1, -0.05) is 24.3 Å². The molecule has 0 bridgehead atoms. The molecule has 0 unspecified atom stereocenters. The lowest BCUT2D eigenvalue weighted by atomic mass is 10.1. The maximum Gasteiger partial charge on any atom is 0.240 e. The van der Waals surface area contributed by atoms with Gasteiger partial charge in [0.2, 0.25) is 10.0 Å². The molecule has 0 saturated carbocycles. The van der Waals surface area contributed by atoms with Crippen LogP contribution in [0.25, 0.3) is 0 Å². The van der Waals surface area contributed by atoms with Crippen molar-refractivity contribution in [2.45, 2.75) is 18.0 Å². The van der Waals surface area contributed by atoms with E-state index in [0.29, 0.717) is 6.54 Å². The van der Waals surface area contributed by atoms with Crippen molar-refractivity contribution in [2.24, 2.45) is 0 Å². The Labute approximate surface area is 124 Å². The van der Waals surface area contributed by atoms with Crippen LogP contribution in [-0.2, 0) is 23.2 Å². The Balaban J connectivity index is 2.00. The summed E-state index contributed by atoms with van der Waals surface area (Å²) in [6, 6.07) is 14.2. The predicted octanol–water partition coefficient (Wildman–Crippen LogP) is 1.70. The number of aliphatic hydroxyl groups is 1. The van der Waals surface area contributed by atoms with Crippen LogP contribution >= 0.6 is 0 Å². The molecular formula is C15H18N2O3S. The molecule has 0 aliphatic heterocycles. The van der Waals surface area contributed by atoms with E-state index in [1.807, 2.05) is 24.3 Å². The van der Waals surface area contributed by atoms with Gasteiger partial charge in [0.25, 0.3) is 0 Å². The van der Waals surface area contributed by atoms with Crippen molar-refractivity contribution < 1.29 is 13.5 Å². The summed E-state index contributed by atoms with van der Waals surface area (Å²) in [5.74, 6) is 0. The Morgan fingerprint density at radius 2 is 1.52 bits per heavy atom. The Kier molecular flexibility index (Phi) is 4.95. The molecule has 0 heterocycles. The highest BCUT2D eigenvalue weighted by Gasteiger charge is 2.10. The van der Waals surface area contributed by atoms with E-state index < -0.39 is 10.0 Å². The molecule has 0 spiro atoms. The number of benzene rings is 2. The molecule has 5 nitrogen and oxygen atoms in total. The molecule has 2 rings (SSSR count). The van der Waals surface area contributed by atoms with E-state index >= 15 is 0 Å². The predicted molar refractivity (Wildman–Crippen MR) is 82.4 cm³/mol. The highest BCUT2D eigenvalue weighted by Crippen LogP contribution is 2.15. The molecular weight excluding hydrogens is 288 g/mol. The lowest BCUT2D eigenvalue weighted by Crippen LogP contribution is -2.18. The fourth-order valence-corrected chi connectivity index (χ4v) is 2.57. The minimum atomic E-state index is -3.39. The van der Waals surface area contributed by atoms with Gasteiger partial charge in [0.1, 0.15) is 0 Å². The number of hydrogen-bond acceptors (Lipinski definition) is 4. The van der Waals surface area contributed by atoms with E-state index in [1.54, 1.807) is 24.3 Å². The molecule has 2 aromatic carbocycles. The topological polar surface area (TPSA) is 78.4 Å². The third kappa shape index (κ3) is 4.04. The fraction of sp³-hybridized carbons (Fsp3) is 0.200. The van der Waals surface area contributed by atoms with Crippen LogP contribution in [0.2, 0.25) is 0 Å². The highest BCUT2D eigenvalue weighted by molar-refractivity contribution is 7.89. The molecule has 112 valence electrons. The molecule has 6 heteroatoms. The number of nitrogens with one attached hydrogen (secondary N) is 2. The van der Waals surface area contributed by atoms with Gasteiger partial charge >= 0.3 is 0 Å². The van der Waals surface area contributed by atoms with Crippen LogP contribution in [0, 0.1) is 0 Å². The zero-order valence-electron chi connectivity index (χ0n) is 11.7. The molecule has 0 aliphatic carbocycles. The van der Waals surface area contributed by atoms with Gasteiger partial charge < -0.3 is 10.4 Å². The first-order chi connectivity index (χ1) is 10.0. The average Bonchev–Trinajstić information content (AvgIpc) is 2.54. The lowest BCUT2D eigenvalue weighted by Gasteiger charge is -2.08. The van der Waals surface area contributed by atoms with Crippen LogP contribution in [0.15, 0.2) is 53.4 Å². The van der Waals surface area contributed by atoms with E-state index in [4.69, 9.17) is 5.11 Å². The molecule has 0 aliphatic rings. The first kappa shape index (κ1) is 15.5. The van der Waals surface area contributed by atoms with Crippen LogP contribution < -0.4 is 10.0 Å². The second-order valence-corrected chi connectivity index (χ2v) is 6.45. The quantitative estimate of drug-likeness (QED) is 0.759. The smallest absolute Gasteiger partial charge is 0.240 e. The average molecular weight is 306 g/mol. The van der Waals surface area contributed by atoms with E-state index in [9.17, 15) is 8.42 Å². The van der Waals surface area contributed by atoms with Crippen LogP contribution in [0.3, 0.4) is 0 Å². The first-order valence-electron chi connectivity index (χ1n) is 6.51. The van der Waals surface area contributed by atoms with Crippen LogP contribution in [0.4, 0.5) is 5.69 Å². The number of aliphatic hydroxyl groups excluding tert-OH is 1. The Bertz CT molecular complexity index is 680. The monoisotopic (exact) mass is 306 g/mol. The van der Waals surface area contributed by atoms with Crippen molar-refractivity contribution in [3.63, 3.8) is 0 Å². The molecule has 0 fully saturated rings. The molecule has 0 amide bonds. The van der Waals surface area contributed by atoms with Crippen LogP contribution in [0.1, 0.15) is 11.1 Å². The van der Waals surface area contributed by atoms with Crippen molar-refractivity contribution in [1.29, 1.82) is 0 Å². The minimum Gasteiger partial charge on any atom is -0.392 e. The molecule has 21 heavy (non-hydrogen) atoms. The van der Waals surface area contributed by atoms with Gasteiger partial charge in [-0.3, -0.25) is 0 Å². The summed E-state index contributed by atoms with van der Waals surface area (Å²) in [4.78, 5) is 0.239. The van der Waals surface area contributed by atoms with Crippen molar-refractivity contribution in [3.8, 4) is 0 Å². The van der Waals surface area contributed by atoms with Crippen molar-refractivity contribution in [3.05, 3.63) is 59.7 Å². The van der Waals surface area contributed by atoms with Gasteiger partial charge in [-0.2, -0.15) is 0 Å². The molecule has 0 saturated heterocycles. The number of sulfonamides is 1. The van der Waals surface area contributed by atoms with Gasteiger partial charge in [-0.05, 0) is 42.4 Å².